The molecule has 2 amide bonds. The average molecular weight is 232 g/mol. The van der Waals surface area contributed by atoms with Crippen molar-refractivity contribution >= 4 is 16.8 Å². The van der Waals surface area contributed by atoms with Gasteiger partial charge in [0.05, 0.1) is 0 Å². The molecule has 0 aromatic heterocycles. The van der Waals surface area contributed by atoms with Gasteiger partial charge in [0, 0.05) is 35.4 Å². The summed E-state index contributed by atoms with van der Waals surface area (Å²) < 4.78 is 10.7. The van der Waals surface area contributed by atoms with E-state index in [4.69, 9.17) is 0 Å². The lowest BCUT2D eigenvalue weighted by molar-refractivity contribution is 0.237. The van der Waals surface area contributed by atoms with Crippen LogP contribution in [0, 0.1) is 0 Å². The topological polar surface area (TPSA) is 58.2 Å². The molecule has 1 fully saturated rings. The van der Waals surface area contributed by atoms with Gasteiger partial charge in [-0.1, -0.05) is 12.8 Å². The third-order valence-electron chi connectivity index (χ3n) is 2.58. The maximum atomic E-state index is 11.3. The third-order valence-corrected chi connectivity index (χ3v) is 3.45. The number of hydrogen-bond donors (Lipinski definition) is 2. The molecule has 2 N–H and O–H groups in total. The van der Waals surface area contributed by atoms with Crippen molar-refractivity contribution in [1.82, 2.24) is 10.6 Å². The van der Waals surface area contributed by atoms with Crippen LogP contribution in [0.25, 0.3) is 0 Å². The summed E-state index contributed by atoms with van der Waals surface area (Å²) in [5.74, 6) is 0.656. The second kappa shape index (κ2) is 6.82. The quantitative estimate of drug-likeness (QED) is 0.695. The van der Waals surface area contributed by atoms with Gasteiger partial charge in [0.15, 0.2) is 0 Å². The highest BCUT2D eigenvalue weighted by Crippen LogP contribution is 2.17. The molecule has 0 heterocycles. The Hall–Kier alpha value is -0.580. The highest BCUT2D eigenvalue weighted by molar-refractivity contribution is 7.84. The molecule has 1 unspecified atom stereocenters. The summed E-state index contributed by atoms with van der Waals surface area (Å²) in [5.41, 5.74) is 0. The molecule has 1 aliphatic carbocycles. The molecule has 15 heavy (non-hydrogen) atoms. The van der Waals surface area contributed by atoms with E-state index in [0.717, 1.165) is 19.3 Å². The number of nitrogens with one attached hydrogen (secondary N) is 2. The highest BCUT2D eigenvalue weighted by atomic mass is 32.2. The van der Waals surface area contributed by atoms with Gasteiger partial charge in [-0.3, -0.25) is 4.21 Å². The first-order valence-corrected chi connectivity index (χ1v) is 7.25. The van der Waals surface area contributed by atoms with Gasteiger partial charge >= 0.3 is 6.03 Å². The molecular weight excluding hydrogens is 212 g/mol. The predicted octanol–water partition coefficient (Wildman–Crippen LogP) is 0.997. The first-order valence-electron chi connectivity index (χ1n) is 5.53. The summed E-state index contributed by atoms with van der Waals surface area (Å²) in [6.07, 6.45) is 7.11. The number of amides is 2. The van der Waals surface area contributed by atoms with Crippen LogP contribution in [0.5, 0.6) is 0 Å². The zero-order chi connectivity index (χ0) is 11.1. The molecule has 1 atom stereocenters. The van der Waals surface area contributed by atoms with Crippen LogP contribution in [-0.2, 0) is 10.8 Å². The lowest BCUT2D eigenvalue weighted by atomic mass is 10.2. The zero-order valence-electron chi connectivity index (χ0n) is 9.25. The Bertz CT molecular complexity index is 227. The number of hydrogen-bond acceptors (Lipinski definition) is 2. The van der Waals surface area contributed by atoms with Crippen LogP contribution >= 0.6 is 0 Å². The smallest absolute Gasteiger partial charge is 0.315 e. The van der Waals surface area contributed by atoms with Gasteiger partial charge in [-0.25, -0.2) is 4.79 Å². The summed E-state index contributed by atoms with van der Waals surface area (Å²) in [5, 5.41) is 5.72. The van der Waals surface area contributed by atoms with Gasteiger partial charge in [0.1, 0.15) is 0 Å². The van der Waals surface area contributed by atoms with Crippen molar-refractivity contribution in [2.75, 3.05) is 18.6 Å². The second-order valence-electron chi connectivity index (χ2n) is 4.01. The van der Waals surface area contributed by atoms with Crippen molar-refractivity contribution < 1.29 is 9.00 Å². The molecule has 4 nitrogen and oxygen atoms in total. The van der Waals surface area contributed by atoms with Crippen LogP contribution in [0.3, 0.4) is 0 Å². The van der Waals surface area contributed by atoms with Gasteiger partial charge in [-0.05, 0) is 19.3 Å². The lowest BCUT2D eigenvalue weighted by Gasteiger charge is -2.12. The fourth-order valence-electron chi connectivity index (χ4n) is 1.78. The minimum absolute atomic E-state index is 0.0798. The van der Waals surface area contributed by atoms with E-state index >= 15 is 0 Å². The van der Waals surface area contributed by atoms with Crippen LogP contribution in [-0.4, -0.2) is 34.8 Å². The molecule has 88 valence electrons. The van der Waals surface area contributed by atoms with Crippen molar-refractivity contribution in [3.8, 4) is 0 Å². The van der Waals surface area contributed by atoms with Crippen molar-refractivity contribution in [2.24, 2.45) is 0 Å². The lowest BCUT2D eigenvalue weighted by Crippen LogP contribution is -2.41. The van der Waals surface area contributed by atoms with Gasteiger partial charge < -0.3 is 10.6 Å². The first kappa shape index (κ1) is 12.5. The molecule has 0 aliphatic heterocycles. The normalized spacial score (nSPS) is 18.7. The maximum Gasteiger partial charge on any atom is 0.315 e. The fraction of sp³-hybridized carbons (Fsp3) is 0.900. The Morgan fingerprint density at radius 2 is 2.07 bits per heavy atom. The monoisotopic (exact) mass is 232 g/mol. The van der Waals surface area contributed by atoms with E-state index < -0.39 is 10.8 Å². The van der Waals surface area contributed by atoms with E-state index in [-0.39, 0.29) is 6.03 Å². The van der Waals surface area contributed by atoms with Gasteiger partial charge in [-0.15, -0.1) is 0 Å². The van der Waals surface area contributed by atoms with E-state index in [0.29, 0.717) is 18.3 Å². The van der Waals surface area contributed by atoms with Crippen LogP contribution in [0.1, 0.15) is 32.1 Å². The number of rotatable bonds is 5. The average Bonchev–Trinajstić information content (AvgIpc) is 2.64. The molecule has 0 radical (unpaired) electrons. The van der Waals surface area contributed by atoms with Crippen molar-refractivity contribution in [2.45, 2.75) is 38.1 Å². The maximum absolute atomic E-state index is 11.3. The van der Waals surface area contributed by atoms with Gasteiger partial charge in [-0.2, -0.15) is 0 Å². The molecule has 1 saturated carbocycles. The number of carbonyl (C=O) groups is 1. The van der Waals surface area contributed by atoms with Crippen LogP contribution in [0.2, 0.25) is 0 Å². The minimum Gasteiger partial charge on any atom is -0.338 e. The number of urea groups is 1. The van der Waals surface area contributed by atoms with E-state index in [9.17, 15) is 9.00 Å². The SMILES string of the molecule is CS(=O)CCCNC(=O)NC1CCCC1. The Morgan fingerprint density at radius 1 is 1.40 bits per heavy atom. The molecule has 5 heteroatoms. The Morgan fingerprint density at radius 3 is 2.67 bits per heavy atom. The van der Waals surface area contributed by atoms with Crippen molar-refractivity contribution in [3.63, 3.8) is 0 Å². The van der Waals surface area contributed by atoms with Crippen LogP contribution in [0.15, 0.2) is 0 Å². The first-order chi connectivity index (χ1) is 7.18. The summed E-state index contributed by atoms with van der Waals surface area (Å²) in [6, 6.07) is 0.286. The van der Waals surface area contributed by atoms with Gasteiger partial charge in [0.2, 0.25) is 0 Å². The van der Waals surface area contributed by atoms with E-state index in [2.05, 4.69) is 10.6 Å². The summed E-state index contributed by atoms with van der Waals surface area (Å²) >= 11 is 0. The Balaban J connectivity index is 2.00. The van der Waals surface area contributed by atoms with E-state index in [1.54, 1.807) is 6.26 Å². The molecule has 1 rings (SSSR count). The van der Waals surface area contributed by atoms with Crippen LogP contribution in [0.4, 0.5) is 4.79 Å². The Kier molecular flexibility index (Phi) is 5.68. The molecule has 0 aromatic carbocycles. The summed E-state index contributed by atoms with van der Waals surface area (Å²) in [6.45, 7) is 0.609. The number of carbonyl (C=O) groups excluding carboxylic acids is 1. The van der Waals surface area contributed by atoms with Crippen molar-refractivity contribution in [1.29, 1.82) is 0 Å². The fourth-order valence-corrected chi connectivity index (χ4v) is 2.33. The standard InChI is InChI=1S/C10H20N2O2S/c1-15(14)8-4-7-11-10(13)12-9-5-2-3-6-9/h9H,2-8H2,1H3,(H2,11,12,13). The summed E-state index contributed by atoms with van der Waals surface area (Å²) in [7, 11) is -0.756. The van der Waals surface area contributed by atoms with E-state index in [1.807, 2.05) is 0 Å². The Labute approximate surface area is 93.7 Å². The zero-order valence-corrected chi connectivity index (χ0v) is 10.1. The molecular formula is C10H20N2O2S. The minimum atomic E-state index is -0.756. The molecule has 0 bridgehead atoms. The largest absolute Gasteiger partial charge is 0.338 e. The predicted molar refractivity (Wildman–Crippen MR) is 62.3 cm³/mol. The van der Waals surface area contributed by atoms with Crippen molar-refractivity contribution in [3.05, 3.63) is 0 Å². The second-order valence-corrected chi connectivity index (χ2v) is 5.57. The third kappa shape index (κ3) is 5.77. The van der Waals surface area contributed by atoms with Crippen LogP contribution < -0.4 is 10.6 Å². The van der Waals surface area contributed by atoms with E-state index in [1.165, 1.54) is 12.8 Å². The molecule has 0 saturated heterocycles. The highest BCUT2D eigenvalue weighted by Gasteiger charge is 2.16. The molecule has 1 aliphatic rings. The summed E-state index contributed by atoms with van der Waals surface area (Å²) in [4.78, 5) is 11.3. The molecule has 0 aromatic rings. The van der Waals surface area contributed by atoms with Gasteiger partial charge in [0.25, 0.3) is 0 Å². The molecule has 0 spiro atoms.